The van der Waals surface area contributed by atoms with Crippen LogP contribution in [0.15, 0.2) is 24.8 Å². The van der Waals surface area contributed by atoms with Gasteiger partial charge in [0.1, 0.15) is 0 Å². The number of likely N-dealkylation sites (N-methyl/N-ethyl adjacent to an activating group) is 1. The molecule has 3 aromatic rings. The van der Waals surface area contributed by atoms with Crippen LogP contribution in [-0.4, -0.2) is 69.3 Å². The summed E-state index contributed by atoms with van der Waals surface area (Å²) in [5.74, 6) is 0.255. The van der Waals surface area contributed by atoms with E-state index in [0.29, 0.717) is 26.0 Å². The molecule has 3 N–H and O–H groups in total. The molecule has 0 saturated carbocycles. The van der Waals surface area contributed by atoms with Gasteiger partial charge in [-0.25, -0.2) is 4.98 Å². The number of rotatable bonds is 10. The van der Waals surface area contributed by atoms with Crippen molar-refractivity contribution in [3.05, 3.63) is 75.4 Å². The molecule has 238 valence electrons. The summed E-state index contributed by atoms with van der Waals surface area (Å²) in [6.07, 6.45) is 6.08. The van der Waals surface area contributed by atoms with Crippen LogP contribution in [0.3, 0.4) is 0 Å². The van der Waals surface area contributed by atoms with Crippen molar-refractivity contribution in [3.8, 4) is 0 Å². The molecular formula is C37H47N5O3. The molecule has 0 fully saturated rings. The average Bonchev–Trinajstić information content (AvgIpc) is 3.72. The number of aliphatic hydroxyl groups is 1. The average molecular weight is 610 g/mol. The number of amides is 1. The Morgan fingerprint density at radius 2 is 1.76 bits per heavy atom. The Labute approximate surface area is 266 Å². The van der Waals surface area contributed by atoms with Crippen molar-refractivity contribution >= 4 is 45.7 Å². The third kappa shape index (κ3) is 6.40. The fourth-order valence-corrected chi connectivity index (χ4v) is 6.65. The summed E-state index contributed by atoms with van der Waals surface area (Å²) in [4.78, 5) is 32.5. The van der Waals surface area contributed by atoms with E-state index in [1.807, 2.05) is 6.08 Å². The Morgan fingerprint density at radius 1 is 1.02 bits per heavy atom. The number of nitrogens with zero attached hydrogens (tertiary/aromatic N) is 3. The van der Waals surface area contributed by atoms with Gasteiger partial charge in [0.2, 0.25) is 5.91 Å². The highest BCUT2D eigenvalue weighted by Gasteiger charge is 2.31. The van der Waals surface area contributed by atoms with Gasteiger partial charge in [-0.2, -0.15) is 0 Å². The standard InChI is InChI=1S/C37H47N5O3/c1-9-26-23(5)32-20-35-27(10-2)22(4)31(39-35)19-33-24(6)28(11-12-36(44)42(8)13-15-45-16-14-43)37(41-33)25(7)30-17-21(3)29(38-30)18-34(26)40-32/h10,17-20,24,28,39-40,43H,2,9,11-16H2,1,3-8H3/t24-,28-/m0/s1. The molecule has 0 unspecified atom stereocenters. The Morgan fingerprint density at radius 3 is 2.47 bits per heavy atom. The van der Waals surface area contributed by atoms with Crippen molar-refractivity contribution in [1.82, 2.24) is 24.8 Å². The zero-order valence-electron chi connectivity index (χ0n) is 27.8. The Balaban J connectivity index is 1.67. The minimum absolute atomic E-state index is 0.0227. The van der Waals surface area contributed by atoms with E-state index in [0.717, 1.165) is 73.5 Å². The third-order valence-electron chi connectivity index (χ3n) is 9.58. The largest absolute Gasteiger partial charge is 0.394 e. The molecule has 8 nitrogen and oxygen atoms in total. The van der Waals surface area contributed by atoms with Crippen LogP contribution in [0.25, 0.3) is 39.8 Å². The lowest BCUT2D eigenvalue weighted by Gasteiger charge is -2.20. The van der Waals surface area contributed by atoms with Gasteiger partial charge in [0.15, 0.2) is 0 Å². The van der Waals surface area contributed by atoms with Gasteiger partial charge in [-0.05, 0) is 92.6 Å². The van der Waals surface area contributed by atoms with E-state index in [-0.39, 0.29) is 31.0 Å². The summed E-state index contributed by atoms with van der Waals surface area (Å²) in [7, 11) is 1.81. The molecule has 1 amide bonds. The van der Waals surface area contributed by atoms with Gasteiger partial charge >= 0.3 is 0 Å². The van der Waals surface area contributed by atoms with E-state index < -0.39 is 0 Å². The second-order valence-electron chi connectivity index (χ2n) is 12.4. The first kappa shape index (κ1) is 32.4. The maximum atomic E-state index is 13.1. The molecular weight excluding hydrogens is 562 g/mol. The monoisotopic (exact) mass is 609 g/mol. The maximum Gasteiger partial charge on any atom is 0.222 e. The maximum absolute atomic E-state index is 13.1. The minimum Gasteiger partial charge on any atom is -0.394 e. The fourth-order valence-electron chi connectivity index (χ4n) is 6.65. The van der Waals surface area contributed by atoms with E-state index in [1.165, 1.54) is 11.1 Å². The number of hydrogen-bond donors (Lipinski definition) is 3. The van der Waals surface area contributed by atoms with E-state index >= 15 is 0 Å². The number of H-pyrrole nitrogens is 2. The number of allylic oxidation sites excluding steroid dienone is 1. The van der Waals surface area contributed by atoms with Gasteiger partial charge in [-0.3, -0.25) is 9.78 Å². The normalized spacial score (nSPS) is 16.1. The van der Waals surface area contributed by atoms with Gasteiger partial charge in [0.05, 0.1) is 31.2 Å². The van der Waals surface area contributed by atoms with Crippen LogP contribution in [0.2, 0.25) is 0 Å². The molecule has 3 aromatic heterocycles. The lowest BCUT2D eigenvalue weighted by atomic mass is 9.85. The summed E-state index contributed by atoms with van der Waals surface area (Å²) in [6, 6.07) is 6.52. The number of aromatic amines is 2. The smallest absolute Gasteiger partial charge is 0.222 e. The van der Waals surface area contributed by atoms with Gasteiger partial charge in [-0.15, -0.1) is 0 Å². The number of aliphatic hydroxyl groups excluding tert-OH is 1. The molecule has 0 radical (unpaired) electrons. The topological polar surface area (TPSA) is 107 Å². The molecule has 0 saturated heterocycles. The summed E-state index contributed by atoms with van der Waals surface area (Å²) in [5.41, 5.74) is 14.9. The molecule has 0 spiro atoms. The second-order valence-corrected chi connectivity index (χ2v) is 12.4. The number of nitrogens with one attached hydrogen (secondary N) is 2. The number of carbonyl (C=O) groups is 1. The van der Waals surface area contributed by atoms with Crippen LogP contribution in [0, 0.1) is 20.8 Å². The summed E-state index contributed by atoms with van der Waals surface area (Å²) in [5, 5.41) is 8.95. The highest BCUT2D eigenvalue weighted by atomic mass is 16.5. The van der Waals surface area contributed by atoms with Crippen LogP contribution in [0.1, 0.15) is 96.0 Å². The zero-order valence-corrected chi connectivity index (χ0v) is 27.8. The molecule has 8 bridgehead atoms. The molecule has 2 atom stereocenters. The first-order valence-electron chi connectivity index (χ1n) is 16.0. The molecule has 5 heterocycles. The summed E-state index contributed by atoms with van der Waals surface area (Å²) >= 11 is 0. The van der Waals surface area contributed by atoms with Crippen molar-refractivity contribution in [2.45, 2.75) is 72.6 Å². The Hall–Kier alpha value is -4.01. The summed E-state index contributed by atoms with van der Waals surface area (Å²) in [6.45, 7) is 18.2. The van der Waals surface area contributed by atoms with E-state index in [4.69, 9.17) is 19.8 Å². The SMILES string of the molecule is C=Cc1c(C)c2cc3nc(c(C)c4nc(cc5[nH]c(cc1[nH]2)c(C)c5CC)C(C)=C4)[C@@H](CCC(=O)N(C)CCOCCO)[C@@H]3C. The number of fused-ring (bicyclic) bond motifs is 8. The highest BCUT2D eigenvalue weighted by molar-refractivity contribution is 5.86. The van der Waals surface area contributed by atoms with Crippen LogP contribution in [-0.2, 0) is 16.0 Å². The molecule has 8 heteroatoms. The van der Waals surface area contributed by atoms with Crippen LogP contribution in [0.5, 0.6) is 0 Å². The van der Waals surface area contributed by atoms with Crippen molar-refractivity contribution < 1.29 is 14.6 Å². The molecule has 5 rings (SSSR count). The van der Waals surface area contributed by atoms with Gasteiger partial charge in [-0.1, -0.05) is 26.5 Å². The minimum atomic E-state index is -0.0227. The van der Waals surface area contributed by atoms with Gasteiger partial charge < -0.3 is 24.7 Å². The van der Waals surface area contributed by atoms with Crippen molar-refractivity contribution in [1.29, 1.82) is 0 Å². The number of hydrogen-bond acceptors (Lipinski definition) is 5. The highest BCUT2D eigenvalue weighted by Crippen LogP contribution is 2.42. The lowest BCUT2D eigenvalue weighted by molar-refractivity contribution is -0.130. The first-order chi connectivity index (χ1) is 21.6. The lowest BCUT2D eigenvalue weighted by Crippen LogP contribution is -2.30. The van der Waals surface area contributed by atoms with E-state index in [9.17, 15) is 4.79 Å². The van der Waals surface area contributed by atoms with E-state index in [1.54, 1.807) is 11.9 Å². The summed E-state index contributed by atoms with van der Waals surface area (Å²) < 4.78 is 5.37. The molecule has 2 aliphatic rings. The number of aromatic nitrogens is 4. The van der Waals surface area contributed by atoms with Gasteiger partial charge in [0.25, 0.3) is 0 Å². The second kappa shape index (κ2) is 13.5. The first-order valence-corrected chi connectivity index (χ1v) is 16.0. The van der Waals surface area contributed by atoms with E-state index in [2.05, 4.69) is 82.4 Å². The molecule has 0 aromatic carbocycles. The molecule has 45 heavy (non-hydrogen) atoms. The predicted molar refractivity (Wildman–Crippen MR) is 184 cm³/mol. The number of aryl methyl sites for hydroxylation is 3. The molecule has 2 aliphatic heterocycles. The van der Waals surface area contributed by atoms with Gasteiger partial charge in [0, 0.05) is 70.9 Å². The predicted octanol–water partition coefficient (Wildman–Crippen LogP) is 7.14. The quantitative estimate of drug-likeness (QED) is 0.212. The number of ether oxygens (including phenoxy) is 1. The van der Waals surface area contributed by atoms with Crippen LogP contribution < -0.4 is 0 Å². The van der Waals surface area contributed by atoms with Crippen molar-refractivity contribution in [3.63, 3.8) is 0 Å². The zero-order chi connectivity index (χ0) is 32.4. The third-order valence-corrected chi connectivity index (χ3v) is 9.58. The van der Waals surface area contributed by atoms with Crippen molar-refractivity contribution in [2.75, 3.05) is 33.4 Å². The molecule has 0 aliphatic carbocycles. The van der Waals surface area contributed by atoms with Crippen LogP contribution >= 0.6 is 0 Å². The fraction of sp³-hybridized carbons (Fsp3) is 0.432. The number of carbonyl (C=O) groups excluding carboxylic acids is 1. The Bertz CT molecular complexity index is 1810. The van der Waals surface area contributed by atoms with Crippen molar-refractivity contribution in [2.24, 2.45) is 0 Å². The Kier molecular flexibility index (Phi) is 9.75. The van der Waals surface area contributed by atoms with Crippen LogP contribution in [0.4, 0.5) is 0 Å².